The molecule has 0 bridgehead atoms. The van der Waals surface area contributed by atoms with E-state index in [1.807, 2.05) is 4.90 Å². The van der Waals surface area contributed by atoms with Crippen molar-refractivity contribution >= 4 is 5.91 Å². The number of aryl methyl sites for hydroxylation is 1. The van der Waals surface area contributed by atoms with Crippen LogP contribution in [0.1, 0.15) is 49.4 Å². The Morgan fingerprint density at radius 1 is 1.24 bits per heavy atom. The van der Waals surface area contributed by atoms with Crippen LogP contribution in [0.5, 0.6) is 0 Å². The van der Waals surface area contributed by atoms with Crippen molar-refractivity contribution in [3.05, 3.63) is 29.7 Å². The van der Waals surface area contributed by atoms with Crippen molar-refractivity contribution in [3.8, 4) is 0 Å². The molecule has 136 valence electrons. The number of rotatable bonds is 3. The number of aromatic nitrogens is 4. The molecule has 0 N–H and O–H groups in total. The molecule has 0 aromatic carbocycles. The zero-order valence-corrected chi connectivity index (χ0v) is 15.4. The Balaban J connectivity index is 1.59. The summed E-state index contributed by atoms with van der Waals surface area (Å²) in [4.78, 5) is 21.3. The molecule has 0 unspecified atom stereocenters. The molecule has 2 aromatic heterocycles. The van der Waals surface area contributed by atoms with E-state index in [1.165, 1.54) is 0 Å². The third-order valence-electron chi connectivity index (χ3n) is 4.39. The number of hydrogen-bond acceptors (Lipinski definition) is 6. The molecule has 0 saturated carbocycles. The smallest absolute Gasteiger partial charge is 0.272 e. The van der Waals surface area contributed by atoms with Crippen LogP contribution in [0.4, 0.5) is 0 Å². The van der Waals surface area contributed by atoms with Gasteiger partial charge in [-0.1, -0.05) is 25.9 Å². The van der Waals surface area contributed by atoms with Gasteiger partial charge < -0.3 is 9.42 Å². The number of carbonyl (C=O) groups is 1. The molecule has 8 nitrogen and oxygen atoms in total. The highest BCUT2D eigenvalue weighted by Crippen LogP contribution is 2.20. The molecule has 1 amide bonds. The van der Waals surface area contributed by atoms with Crippen LogP contribution in [0.2, 0.25) is 0 Å². The second kappa shape index (κ2) is 6.95. The number of nitrogens with zero attached hydrogens (tertiary/aromatic N) is 6. The van der Waals surface area contributed by atoms with Gasteiger partial charge in [-0.2, -0.15) is 10.1 Å². The molecule has 8 heteroatoms. The maximum Gasteiger partial charge on any atom is 0.272 e. The van der Waals surface area contributed by atoms with Crippen molar-refractivity contribution in [3.63, 3.8) is 0 Å². The zero-order chi connectivity index (χ0) is 18.0. The van der Waals surface area contributed by atoms with Crippen molar-refractivity contribution in [2.75, 3.05) is 26.2 Å². The predicted octanol–water partition coefficient (Wildman–Crippen LogP) is 1.45. The lowest BCUT2D eigenvalue weighted by Gasteiger charge is -2.21. The SMILES string of the molecule is Cn1nccc1C(=O)N1CCCN(Cc2noc(C(C)(C)C)n2)CC1. The number of hydrogen-bond donors (Lipinski definition) is 0. The summed E-state index contributed by atoms with van der Waals surface area (Å²) in [6, 6.07) is 1.76. The van der Waals surface area contributed by atoms with E-state index in [2.05, 4.69) is 40.9 Å². The molecular weight excluding hydrogens is 320 g/mol. The second-order valence-electron chi connectivity index (χ2n) is 7.53. The van der Waals surface area contributed by atoms with Gasteiger partial charge in [-0.25, -0.2) is 0 Å². The van der Waals surface area contributed by atoms with Gasteiger partial charge in [-0.05, 0) is 12.5 Å². The van der Waals surface area contributed by atoms with Crippen molar-refractivity contribution in [1.29, 1.82) is 0 Å². The summed E-state index contributed by atoms with van der Waals surface area (Å²) < 4.78 is 6.98. The Morgan fingerprint density at radius 3 is 2.68 bits per heavy atom. The van der Waals surface area contributed by atoms with Crippen molar-refractivity contribution in [1.82, 2.24) is 29.7 Å². The third-order valence-corrected chi connectivity index (χ3v) is 4.39. The Bertz CT molecular complexity index is 730. The first-order chi connectivity index (χ1) is 11.8. The third kappa shape index (κ3) is 4.07. The largest absolute Gasteiger partial charge is 0.339 e. The topological polar surface area (TPSA) is 80.3 Å². The molecule has 0 radical (unpaired) electrons. The summed E-state index contributed by atoms with van der Waals surface area (Å²) in [7, 11) is 1.79. The van der Waals surface area contributed by atoms with Gasteiger partial charge in [0.05, 0.1) is 6.54 Å². The van der Waals surface area contributed by atoms with Gasteiger partial charge in [0.1, 0.15) is 5.69 Å². The quantitative estimate of drug-likeness (QED) is 0.837. The van der Waals surface area contributed by atoms with E-state index in [0.717, 1.165) is 26.1 Å². The minimum Gasteiger partial charge on any atom is -0.339 e. The summed E-state index contributed by atoms with van der Waals surface area (Å²) in [6.07, 6.45) is 2.58. The van der Waals surface area contributed by atoms with Gasteiger partial charge in [-0.3, -0.25) is 14.4 Å². The molecule has 1 fully saturated rings. The van der Waals surface area contributed by atoms with Gasteiger partial charge >= 0.3 is 0 Å². The normalized spacial score (nSPS) is 16.9. The average molecular weight is 346 g/mol. The molecule has 25 heavy (non-hydrogen) atoms. The highest BCUT2D eigenvalue weighted by atomic mass is 16.5. The Hall–Kier alpha value is -2.22. The molecule has 0 spiro atoms. The van der Waals surface area contributed by atoms with Crippen LogP contribution in [-0.2, 0) is 19.0 Å². The molecule has 0 aliphatic carbocycles. The first-order valence-corrected chi connectivity index (χ1v) is 8.67. The Kier molecular flexibility index (Phi) is 4.89. The molecular formula is C17H26N6O2. The van der Waals surface area contributed by atoms with E-state index in [0.29, 0.717) is 30.5 Å². The Morgan fingerprint density at radius 2 is 2.04 bits per heavy atom. The standard InChI is InChI=1S/C17H26N6O2/c1-17(2,3)16-19-14(20-25-16)12-22-8-5-9-23(11-10-22)15(24)13-6-7-18-21(13)4/h6-7H,5,8-12H2,1-4H3. The lowest BCUT2D eigenvalue weighted by atomic mass is 9.97. The minimum atomic E-state index is -0.143. The highest BCUT2D eigenvalue weighted by molar-refractivity contribution is 5.92. The van der Waals surface area contributed by atoms with Crippen molar-refractivity contribution in [2.24, 2.45) is 7.05 Å². The van der Waals surface area contributed by atoms with Crippen LogP contribution >= 0.6 is 0 Å². The Labute approximate surface area is 147 Å². The van der Waals surface area contributed by atoms with Crippen molar-refractivity contribution < 1.29 is 9.32 Å². The second-order valence-corrected chi connectivity index (χ2v) is 7.53. The molecule has 3 heterocycles. The first kappa shape index (κ1) is 17.6. The fourth-order valence-corrected chi connectivity index (χ4v) is 2.90. The summed E-state index contributed by atoms with van der Waals surface area (Å²) in [6.45, 7) is 9.95. The fraction of sp³-hybridized carbons (Fsp3) is 0.647. The molecule has 0 atom stereocenters. The number of carbonyl (C=O) groups excluding carboxylic acids is 1. The minimum absolute atomic E-state index is 0.0384. The van der Waals surface area contributed by atoms with Crippen LogP contribution in [0, 0.1) is 0 Å². The average Bonchev–Trinajstić information content (AvgIpc) is 3.11. The lowest BCUT2D eigenvalue weighted by molar-refractivity contribution is 0.0750. The van der Waals surface area contributed by atoms with Crippen LogP contribution in [0.3, 0.4) is 0 Å². The van der Waals surface area contributed by atoms with Crippen LogP contribution in [0.25, 0.3) is 0 Å². The van der Waals surface area contributed by atoms with E-state index < -0.39 is 0 Å². The van der Waals surface area contributed by atoms with Gasteiger partial charge in [0, 0.05) is 44.8 Å². The fourth-order valence-electron chi connectivity index (χ4n) is 2.90. The van der Waals surface area contributed by atoms with Crippen LogP contribution in [0.15, 0.2) is 16.8 Å². The monoisotopic (exact) mass is 346 g/mol. The van der Waals surface area contributed by atoms with E-state index >= 15 is 0 Å². The molecule has 3 rings (SSSR count). The maximum absolute atomic E-state index is 12.6. The highest BCUT2D eigenvalue weighted by Gasteiger charge is 2.25. The maximum atomic E-state index is 12.6. The predicted molar refractivity (Wildman–Crippen MR) is 92.0 cm³/mol. The molecule has 1 aliphatic rings. The van der Waals surface area contributed by atoms with Crippen LogP contribution < -0.4 is 0 Å². The van der Waals surface area contributed by atoms with Crippen molar-refractivity contribution in [2.45, 2.75) is 39.2 Å². The van der Waals surface area contributed by atoms with Gasteiger partial charge in [0.25, 0.3) is 5.91 Å². The van der Waals surface area contributed by atoms with E-state index in [1.54, 1.807) is 24.0 Å². The first-order valence-electron chi connectivity index (χ1n) is 8.67. The van der Waals surface area contributed by atoms with Crippen LogP contribution in [-0.4, -0.2) is 61.8 Å². The lowest BCUT2D eigenvalue weighted by Crippen LogP contribution is -2.36. The molecule has 2 aromatic rings. The van der Waals surface area contributed by atoms with Gasteiger partial charge in [0.2, 0.25) is 5.89 Å². The van der Waals surface area contributed by atoms with E-state index in [-0.39, 0.29) is 11.3 Å². The number of amides is 1. The zero-order valence-electron chi connectivity index (χ0n) is 15.4. The molecule has 1 saturated heterocycles. The van der Waals surface area contributed by atoms with E-state index in [4.69, 9.17) is 4.52 Å². The summed E-state index contributed by atoms with van der Waals surface area (Å²) in [5.74, 6) is 1.40. The summed E-state index contributed by atoms with van der Waals surface area (Å²) >= 11 is 0. The summed E-state index contributed by atoms with van der Waals surface area (Å²) in [5.41, 5.74) is 0.484. The molecule has 1 aliphatic heterocycles. The summed E-state index contributed by atoms with van der Waals surface area (Å²) in [5, 5.41) is 8.17. The van der Waals surface area contributed by atoms with E-state index in [9.17, 15) is 4.79 Å². The van der Waals surface area contributed by atoms with Gasteiger partial charge in [0.15, 0.2) is 5.82 Å². The van der Waals surface area contributed by atoms with Gasteiger partial charge in [-0.15, -0.1) is 0 Å².